The van der Waals surface area contributed by atoms with Crippen LogP contribution < -0.4 is 4.74 Å². The number of rotatable bonds is 3. The van der Waals surface area contributed by atoms with Gasteiger partial charge in [0, 0.05) is 5.56 Å². The van der Waals surface area contributed by atoms with Gasteiger partial charge in [0.25, 0.3) is 0 Å². The molecule has 6 nitrogen and oxygen atoms in total. The zero-order chi connectivity index (χ0) is 21.4. The van der Waals surface area contributed by atoms with Gasteiger partial charge in [-0.2, -0.15) is 0 Å². The topological polar surface area (TPSA) is 96.2 Å². The third-order valence-corrected chi connectivity index (χ3v) is 7.82. The molecule has 0 unspecified atom stereocenters. The molecule has 0 aromatic heterocycles. The van der Waals surface area contributed by atoms with E-state index in [1.165, 1.54) is 0 Å². The van der Waals surface area contributed by atoms with E-state index < -0.39 is 29.2 Å². The van der Waals surface area contributed by atoms with Gasteiger partial charge in [0.15, 0.2) is 23.7 Å². The molecule has 160 valence electrons. The van der Waals surface area contributed by atoms with Gasteiger partial charge in [0.05, 0.1) is 11.0 Å². The monoisotopic (exact) mass is 420 g/mol. The molecule has 3 N–H and O–H groups in total. The van der Waals surface area contributed by atoms with Gasteiger partial charge < -0.3 is 24.8 Å². The number of ether oxygens (including phenoxy) is 2. The fourth-order valence-corrected chi connectivity index (χ4v) is 6.47. The van der Waals surface area contributed by atoms with E-state index in [2.05, 4.69) is 0 Å². The molecule has 1 heterocycles. The third-order valence-electron chi connectivity index (χ3n) is 7.82. The number of hydrogen-bond donors (Lipinski definition) is 3. The number of esters is 1. The first kappa shape index (κ1) is 18.9. The van der Waals surface area contributed by atoms with Gasteiger partial charge in [-0.25, -0.2) is 4.79 Å². The second-order valence-corrected chi connectivity index (χ2v) is 9.18. The summed E-state index contributed by atoms with van der Waals surface area (Å²) in [5.74, 6) is 0.0107. The number of aliphatic hydroxyl groups is 2. The molecule has 3 aliphatic carbocycles. The van der Waals surface area contributed by atoms with E-state index in [4.69, 9.17) is 9.47 Å². The summed E-state index contributed by atoms with van der Waals surface area (Å²) in [4.78, 5) is 12.8. The van der Waals surface area contributed by atoms with E-state index in [9.17, 15) is 20.1 Å². The Morgan fingerprint density at radius 2 is 2.00 bits per heavy atom. The van der Waals surface area contributed by atoms with Crippen LogP contribution in [0.15, 0.2) is 54.3 Å². The number of benzene rings is 2. The van der Waals surface area contributed by atoms with Crippen LogP contribution in [0.1, 0.15) is 48.5 Å². The van der Waals surface area contributed by atoms with Crippen molar-refractivity contribution in [2.75, 3.05) is 0 Å². The summed E-state index contributed by atoms with van der Waals surface area (Å²) in [6, 6.07) is 12.2. The van der Waals surface area contributed by atoms with Gasteiger partial charge in [-0.3, -0.25) is 0 Å². The van der Waals surface area contributed by atoms with Crippen LogP contribution in [0.3, 0.4) is 0 Å². The van der Waals surface area contributed by atoms with Gasteiger partial charge in [-0.1, -0.05) is 42.8 Å². The summed E-state index contributed by atoms with van der Waals surface area (Å²) in [5.41, 5.74) is 0.613. The van der Waals surface area contributed by atoms with Crippen molar-refractivity contribution in [1.82, 2.24) is 0 Å². The van der Waals surface area contributed by atoms with Crippen LogP contribution in [-0.2, 0) is 21.4 Å². The molecule has 1 spiro atoms. The minimum Gasteiger partial charge on any atom is -0.504 e. The molecule has 6 heteroatoms. The second-order valence-electron chi connectivity index (χ2n) is 9.18. The molecule has 31 heavy (non-hydrogen) atoms. The predicted octanol–water partition coefficient (Wildman–Crippen LogP) is 3.04. The van der Waals surface area contributed by atoms with E-state index in [-0.39, 0.29) is 11.7 Å². The molecular weight excluding hydrogens is 396 g/mol. The highest BCUT2D eigenvalue weighted by Crippen LogP contribution is 2.67. The molecule has 6 rings (SSSR count). The van der Waals surface area contributed by atoms with E-state index in [1.807, 2.05) is 6.07 Å². The molecule has 2 bridgehead atoms. The quantitative estimate of drug-likeness (QED) is 0.661. The molecule has 1 fully saturated rings. The lowest BCUT2D eigenvalue weighted by Crippen LogP contribution is -2.67. The number of aliphatic hydroxyl groups excluding tert-OH is 1. The lowest BCUT2D eigenvalue weighted by molar-refractivity contribution is -0.165. The lowest BCUT2D eigenvalue weighted by Gasteiger charge is -2.59. The van der Waals surface area contributed by atoms with Crippen LogP contribution in [0.25, 0.3) is 0 Å². The van der Waals surface area contributed by atoms with Gasteiger partial charge in [-0.15, -0.1) is 0 Å². The van der Waals surface area contributed by atoms with Gasteiger partial charge >= 0.3 is 5.97 Å². The molecule has 1 saturated carbocycles. The average Bonchev–Trinajstić information content (AvgIpc) is 3.12. The summed E-state index contributed by atoms with van der Waals surface area (Å²) >= 11 is 0. The first-order valence-corrected chi connectivity index (χ1v) is 10.8. The van der Waals surface area contributed by atoms with Crippen molar-refractivity contribution in [3.05, 3.63) is 71.0 Å². The Morgan fingerprint density at radius 1 is 1.19 bits per heavy atom. The molecule has 1 aliphatic heterocycles. The Balaban J connectivity index is 1.42. The van der Waals surface area contributed by atoms with Gasteiger partial charge in [0.2, 0.25) is 0 Å². The largest absolute Gasteiger partial charge is 0.504 e. The first-order valence-electron chi connectivity index (χ1n) is 10.8. The number of phenols is 1. The SMILES string of the molecule is O=C(OC1=CC[C@@]2(O)[C@@H]3CCC[C@@]24c2c(ccc(O)c2O[C@@H]14)C3)[C@@H](O)c1ccccc1. The fourth-order valence-electron chi connectivity index (χ4n) is 6.47. The van der Waals surface area contributed by atoms with E-state index in [1.54, 1.807) is 42.5 Å². The summed E-state index contributed by atoms with van der Waals surface area (Å²) in [6.07, 6.45) is 3.21. The summed E-state index contributed by atoms with van der Waals surface area (Å²) < 4.78 is 11.9. The number of hydrogen-bond acceptors (Lipinski definition) is 6. The highest BCUT2D eigenvalue weighted by molar-refractivity contribution is 5.77. The van der Waals surface area contributed by atoms with Crippen molar-refractivity contribution in [3.8, 4) is 11.5 Å². The summed E-state index contributed by atoms with van der Waals surface area (Å²) in [5, 5.41) is 32.9. The van der Waals surface area contributed by atoms with Crippen LogP contribution >= 0.6 is 0 Å². The van der Waals surface area contributed by atoms with Crippen molar-refractivity contribution in [1.29, 1.82) is 0 Å². The standard InChI is InChI=1S/C25H24O6/c26-17-9-8-15-13-16-7-4-11-24-19(15)21(17)31-22(24)18(10-12-25(16,24)29)30-23(28)20(27)14-5-2-1-3-6-14/h1-3,5-6,8-10,16,20,22,26-27,29H,4,7,11-13H2/t16-,20+,22+,24+,25-/m1/s1. The second kappa shape index (κ2) is 6.34. The molecular formula is C25H24O6. The van der Waals surface area contributed by atoms with E-state index in [0.717, 1.165) is 30.4 Å². The minimum atomic E-state index is -1.42. The van der Waals surface area contributed by atoms with Crippen molar-refractivity contribution in [2.24, 2.45) is 5.92 Å². The number of carbonyl (C=O) groups is 1. The summed E-state index contributed by atoms with van der Waals surface area (Å²) in [6.45, 7) is 0. The predicted molar refractivity (Wildman–Crippen MR) is 110 cm³/mol. The maximum absolute atomic E-state index is 12.8. The zero-order valence-electron chi connectivity index (χ0n) is 17.0. The molecule has 2 aromatic carbocycles. The molecule has 0 radical (unpaired) electrons. The van der Waals surface area contributed by atoms with Crippen LogP contribution in [0.2, 0.25) is 0 Å². The molecule has 4 aliphatic rings. The Morgan fingerprint density at radius 3 is 2.81 bits per heavy atom. The van der Waals surface area contributed by atoms with Crippen molar-refractivity contribution < 1.29 is 29.6 Å². The summed E-state index contributed by atoms with van der Waals surface area (Å²) in [7, 11) is 0. The number of phenolic OH excluding ortho intramolecular Hbond substituents is 1. The van der Waals surface area contributed by atoms with Crippen LogP contribution in [-0.4, -0.2) is 33.0 Å². The van der Waals surface area contributed by atoms with Gasteiger partial charge in [-0.05, 0) is 54.9 Å². The normalized spacial score (nSPS) is 33.0. The molecule has 2 aromatic rings. The molecule has 0 amide bonds. The van der Waals surface area contributed by atoms with Crippen LogP contribution in [0.5, 0.6) is 11.5 Å². The maximum atomic E-state index is 12.8. The number of carbonyl (C=O) groups excluding carboxylic acids is 1. The van der Waals surface area contributed by atoms with Crippen molar-refractivity contribution in [2.45, 2.75) is 55.3 Å². The van der Waals surface area contributed by atoms with Gasteiger partial charge in [0.1, 0.15) is 5.76 Å². The van der Waals surface area contributed by atoms with E-state index >= 15 is 0 Å². The fraction of sp³-hybridized carbons (Fsp3) is 0.400. The lowest BCUT2D eigenvalue weighted by atomic mass is 9.47. The molecule has 0 saturated heterocycles. The Bertz CT molecular complexity index is 1110. The van der Waals surface area contributed by atoms with Crippen LogP contribution in [0.4, 0.5) is 0 Å². The highest BCUT2D eigenvalue weighted by atomic mass is 16.6. The smallest absolute Gasteiger partial charge is 0.344 e. The highest BCUT2D eigenvalue weighted by Gasteiger charge is 2.70. The van der Waals surface area contributed by atoms with Crippen molar-refractivity contribution >= 4 is 5.97 Å². The first-order chi connectivity index (χ1) is 15.0. The van der Waals surface area contributed by atoms with Crippen molar-refractivity contribution in [3.63, 3.8) is 0 Å². The van der Waals surface area contributed by atoms with Crippen LogP contribution in [0, 0.1) is 5.92 Å². The maximum Gasteiger partial charge on any atom is 0.344 e. The minimum absolute atomic E-state index is 0.0314. The Kier molecular flexibility index (Phi) is 3.87. The third kappa shape index (κ3) is 2.32. The van der Waals surface area contributed by atoms with E-state index in [0.29, 0.717) is 29.9 Å². The average molecular weight is 420 g/mol. The number of aromatic hydroxyl groups is 1. The Hall–Kier alpha value is -2.83. The zero-order valence-corrected chi connectivity index (χ0v) is 17.0. The Labute approximate surface area is 179 Å². The molecule has 5 atom stereocenters.